The lowest BCUT2D eigenvalue weighted by atomic mass is 10.1. The van der Waals surface area contributed by atoms with Gasteiger partial charge in [0.25, 0.3) is 5.91 Å². The third kappa shape index (κ3) is 3.11. The maximum absolute atomic E-state index is 12.6. The predicted molar refractivity (Wildman–Crippen MR) is 95.1 cm³/mol. The van der Waals surface area contributed by atoms with E-state index in [0.29, 0.717) is 36.1 Å². The average molecular weight is 350 g/mol. The number of methoxy groups -OCH3 is 1. The van der Waals surface area contributed by atoms with Crippen LogP contribution in [0.5, 0.6) is 11.6 Å². The zero-order valence-corrected chi connectivity index (χ0v) is 14.3. The summed E-state index contributed by atoms with van der Waals surface area (Å²) in [6, 6.07) is 14.8. The maximum Gasteiger partial charge on any atom is 0.272 e. The normalized spacial score (nSPS) is 14.0. The Hall–Kier alpha value is -3.35. The zero-order valence-electron chi connectivity index (χ0n) is 14.3. The molecule has 0 radical (unpaired) electrons. The minimum Gasteiger partial charge on any atom is -0.496 e. The van der Waals surface area contributed by atoms with Gasteiger partial charge in [-0.2, -0.15) is 5.10 Å². The summed E-state index contributed by atoms with van der Waals surface area (Å²) in [7, 11) is 1.61. The van der Waals surface area contributed by atoms with Gasteiger partial charge in [0.05, 0.1) is 25.9 Å². The lowest BCUT2D eigenvalue weighted by Gasteiger charge is -2.38. The molecule has 0 bridgehead atoms. The predicted octanol–water partition coefficient (Wildman–Crippen LogP) is 2.38. The van der Waals surface area contributed by atoms with Crippen molar-refractivity contribution in [2.75, 3.05) is 20.2 Å². The first-order valence-corrected chi connectivity index (χ1v) is 8.30. The Morgan fingerprint density at radius 2 is 2.00 bits per heavy atom. The summed E-state index contributed by atoms with van der Waals surface area (Å²) < 4.78 is 11.1. The van der Waals surface area contributed by atoms with Crippen LogP contribution in [0.25, 0.3) is 11.3 Å². The number of ether oxygens (including phenoxy) is 2. The van der Waals surface area contributed by atoms with E-state index in [4.69, 9.17) is 9.47 Å². The van der Waals surface area contributed by atoms with E-state index in [0.717, 1.165) is 5.56 Å². The molecule has 1 amide bonds. The summed E-state index contributed by atoms with van der Waals surface area (Å²) >= 11 is 0. The number of H-pyrrole nitrogens is 1. The Labute approximate surface area is 150 Å². The first-order valence-electron chi connectivity index (χ1n) is 8.30. The standard InChI is InChI=1S/C19H18N4O3/c1-25-17-7-3-2-6-14(17)15-10-16(22-21-15)19(24)23-11-13(12-23)26-18-8-4-5-9-20-18/h2-10,13H,11-12H2,1H3,(H,21,22). The number of aromatic nitrogens is 3. The first kappa shape index (κ1) is 16.1. The van der Waals surface area contributed by atoms with Crippen molar-refractivity contribution in [2.24, 2.45) is 0 Å². The molecule has 0 saturated carbocycles. The van der Waals surface area contributed by atoms with E-state index in [1.54, 1.807) is 30.3 Å². The van der Waals surface area contributed by atoms with Crippen molar-refractivity contribution in [3.63, 3.8) is 0 Å². The number of hydrogen-bond acceptors (Lipinski definition) is 5. The second-order valence-electron chi connectivity index (χ2n) is 5.99. The molecule has 0 unspecified atom stereocenters. The quantitative estimate of drug-likeness (QED) is 0.764. The highest BCUT2D eigenvalue weighted by Crippen LogP contribution is 2.29. The minimum absolute atomic E-state index is 0.0366. The number of pyridine rings is 1. The summed E-state index contributed by atoms with van der Waals surface area (Å²) in [6.45, 7) is 1.05. The van der Waals surface area contributed by atoms with E-state index in [-0.39, 0.29) is 12.0 Å². The van der Waals surface area contributed by atoms with Gasteiger partial charge < -0.3 is 14.4 Å². The third-order valence-electron chi connectivity index (χ3n) is 4.25. The van der Waals surface area contributed by atoms with Crippen LogP contribution >= 0.6 is 0 Å². The molecule has 4 rings (SSSR count). The van der Waals surface area contributed by atoms with Gasteiger partial charge in [-0.1, -0.05) is 18.2 Å². The van der Waals surface area contributed by atoms with Gasteiger partial charge in [-0.3, -0.25) is 9.89 Å². The monoisotopic (exact) mass is 350 g/mol. The highest BCUT2D eigenvalue weighted by molar-refractivity contribution is 5.94. The van der Waals surface area contributed by atoms with Gasteiger partial charge in [0, 0.05) is 17.8 Å². The Bertz CT molecular complexity index is 904. The van der Waals surface area contributed by atoms with Crippen molar-refractivity contribution in [3.05, 3.63) is 60.4 Å². The Kier molecular flexibility index (Phi) is 4.27. The van der Waals surface area contributed by atoms with Crippen LogP contribution in [0.15, 0.2) is 54.7 Å². The third-order valence-corrected chi connectivity index (χ3v) is 4.25. The van der Waals surface area contributed by atoms with E-state index in [2.05, 4.69) is 15.2 Å². The van der Waals surface area contributed by atoms with Crippen molar-refractivity contribution in [2.45, 2.75) is 6.10 Å². The Morgan fingerprint density at radius 1 is 1.19 bits per heavy atom. The molecule has 7 nitrogen and oxygen atoms in total. The summed E-state index contributed by atoms with van der Waals surface area (Å²) in [5, 5.41) is 7.07. The molecule has 1 aliphatic heterocycles. The molecule has 3 aromatic rings. The van der Waals surface area contributed by atoms with E-state index >= 15 is 0 Å². The lowest BCUT2D eigenvalue weighted by Crippen LogP contribution is -2.56. The molecular formula is C19H18N4O3. The van der Waals surface area contributed by atoms with E-state index in [1.807, 2.05) is 36.4 Å². The van der Waals surface area contributed by atoms with Crippen molar-refractivity contribution >= 4 is 5.91 Å². The SMILES string of the molecule is COc1ccccc1-c1cc(C(=O)N2CC(Oc3ccccn3)C2)[nH]n1. The minimum atomic E-state index is -0.0977. The number of para-hydroxylation sites is 1. The maximum atomic E-state index is 12.6. The molecule has 1 fully saturated rings. The highest BCUT2D eigenvalue weighted by atomic mass is 16.5. The van der Waals surface area contributed by atoms with Gasteiger partial charge >= 0.3 is 0 Å². The van der Waals surface area contributed by atoms with Crippen molar-refractivity contribution in [3.8, 4) is 22.9 Å². The van der Waals surface area contributed by atoms with Gasteiger partial charge in [0.2, 0.25) is 5.88 Å². The van der Waals surface area contributed by atoms with Gasteiger partial charge in [0.1, 0.15) is 17.5 Å². The highest BCUT2D eigenvalue weighted by Gasteiger charge is 2.34. The van der Waals surface area contributed by atoms with Gasteiger partial charge in [-0.25, -0.2) is 4.98 Å². The van der Waals surface area contributed by atoms with E-state index < -0.39 is 0 Å². The molecular weight excluding hydrogens is 332 g/mol. The van der Waals surface area contributed by atoms with Crippen LogP contribution in [-0.2, 0) is 0 Å². The summed E-state index contributed by atoms with van der Waals surface area (Å²) in [5.74, 6) is 1.19. The zero-order chi connectivity index (χ0) is 17.9. The van der Waals surface area contributed by atoms with Gasteiger partial charge in [-0.05, 0) is 24.3 Å². The number of carbonyl (C=O) groups excluding carboxylic acids is 1. The lowest BCUT2D eigenvalue weighted by molar-refractivity contribution is 0.0156. The topological polar surface area (TPSA) is 80.3 Å². The molecule has 1 aliphatic rings. The van der Waals surface area contributed by atoms with Gasteiger partial charge in [0.15, 0.2) is 0 Å². The largest absolute Gasteiger partial charge is 0.496 e. The first-order chi connectivity index (χ1) is 12.7. The number of aromatic amines is 1. The smallest absolute Gasteiger partial charge is 0.272 e. The Morgan fingerprint density at radius 3 is 2.77 bits per heavy atom. The molecule has 0 spiro atoms. The van der Waals surface area contributed by atoms with Crippen molar-refractivity contribution in [1.29, 1.82) is 0 Å². The summed E-state index contributed by atoms with van der Waals surface area (Å²) in [4.78, 5) is 18.4. The van der Waals surface area contributed by atoms with Gasteiger partial charge in [-0.15, -0.1) is 0 Å². The Balaban J connectivity index is 1.40. The fourth-order valence-electron chi connectivity index (χ4n) is 2.86. The van der Waals surface area contributed by atoms with Crippen LogP contribution in [0.2, 0.25) is 0 Å². The molecule has 0 aliphatic carbocycles. The fraction of sp³-hybridized carbons (Fsp3) is 0.211. The van der Waals surface area contributed by atoms with E-state index in [9.17, 15) is 4.79 Å². The number of hydrogen-bond donors (Lipinski definition) is 1. The van der Waals surface area contributed by atoms with Crippen LogP contribution < -0.4 is 9.47 Å². The number of rotatable bonds is 5. The van der Waals surface area contributed by atoms with E-state index in [1.165, 1.54) is 0 Å². The second kappa shape index (κ2) is 6.87. The molecule has 1 saturated heterocycles. The number of carbonyl (C=O) groups is 1. The fourth-order valence-corrected chi connectivity index (χ4v) is 2.86. The number of nitrogens with one attached hydrogen (secondary N) is 1. The van der Waals surface area contributed by atoms with Crippen LogP contribution in [-0.4, -0.2) is 52.3 Å². The summed E-state index contributed by atoms with van der Waals surface area (Å²) in [6.07, 6.45) is 1.64. The van der Waals surface area contributed by atoms with Crippen LogP contribution in [0.4, 0.5) is 0 Å². The van der Waals surface area contributed by atoms with Crippen LogP contribution in [0.3, 0.4) is 0 Å². The number of amides is 1. The summed E-state index contributed by atoms with van der Waals surface area (Å²) in [5.41, 5.74) is 1.96. The molecule has 2 aromatic heterocycles. The van der Waals surface area contributed by atoms with Crippen molar-refractivity contribution in [1.82, 2.24) is 20.1 Å². The number of nitrogens with zero attached hydrogens (tertiary/aromatic N) is 3. The molecule has 1 aromatic carbocycles. The second-order valence-corrected chi connectivity index (χ2v) is 5.99. The molecule has 3 heterocycles. The molecule has 26 heavy (non-hydrogen) atoms. The average Bonchev–Trinajstić information content (AvgIpc) is 3.14. The molecule has 0 atom stereocenters. The number of benzene rings is 1. The number of likely N-dealkylation sites (tertiary alicyclic amines) is 1. The van der Waals surface area contributed by atoms with Crippen LogP contribution in [0.1, 0.15) is 10.5 Å². The van der Waals surface area contributed by atoms with Crippen LogP contribution in [0, 0.1) is 0 Å². The molecule has 7 heteroatoms. The molecule has 132 valence electrons. The molecule has 1 N–H and O–H groups in total. The van der Waals surface area contributed by atoms with Crippen molar-refractivity contribution < 1.29 is 14.3 Å².